The molecule has 0 radical (unpaired) electrons. The van der Waals surface area contributed by atoms with E-state index in [0.717, 1.165) is 8.66 Å². The summed E-state index contributed by atoms with van der Waals surface area (Å²) in [6, 6.07) is 3.86. The lowest BCUT2D eigenvalue weighted by molar-refractivity contribution is 0.509. The molecule has 0 amide bonds. The van der Waals surface area contributed by atoms with E-state index in [1.54, 1.807) is 11.3 Å². The number of thiophene rings is 1. The van der Waals surface area contributed by atoms with Crippen LogP contribution in [0.15, 0.2) is 20.3 Å². The van der Waals surface area contributed by atoms with Crippen LogP contribution < -0.4 is 5.73 Å². The summed E-state index contributed by atoms with van der Waals surface area (Å²) in [5.41, 5.74) is 5.34. The van der Waals surface area contributed by atoms with Crippen LogP contribution in [0.4, 0.5) is 0 Å². The second kappa shape index (κ2) is 3.57. The average Bonchev–Trinajstić information content (AvgIpc) is 2.71. The van der Waals surface area contributed by atoms with Crippen molar-refractivity contribution < 1.29 is 4.42 Å². The molecule has 2 aromatic heterocycles. The van der Waals surface area contributed by atoms with Crippen molar-refractivity contribution in [2.24, 2.45) is 5.73 Å². The second-order valence-corrected chi connectivity index (χ2v) is 4.77. The van der Waals surface area contributed by atoms with E-state index in [4.69, 9.17) is 10.2 Å². The van der Waals surface area contributed by atoms with E-state index in [1.165, 1.54) is 0 Å². The Kier molecular flexibility index (Phi) is 2.43. The van der Waals surface area contributed by atoms with Crippen molar-refractivity contribution in [3.63, 3.8) is 0 Å². The Hall–Kier alpha value is -0.720. The highest BCUT2D eigenvalue weighted by Gasteiger charge is 2.08. The van der Waals surface area contributed by atoms with Crippen molar-refractivity contribution in [1.82, 2.24) is 10.2 Å². The first-order valence-electron chi connectivity index (χ1n) is 3.58. The fourth-order valence-electron chi connectivity index (χ4n) is 0.865. The topological polar surface area (TPSA) is 64.9 Å². The first-order valence-corrected chi connectivity index (χ1v) is 5.18. The molecule has 4 nitrogen and oxygen atoms in total. The first-order chi connectivity index (χ1) is 6.29. The molecule has 2 aromatic rings. The summed E-state index contributed by atoms with van der Waals surface area (Å²) in [5.74, 6) is 0.982. The molecule has 2 N–H and O–H groups in total. The normalized spacial score (nSPS) is 10.6. The molecule has 2 rings (SSSR count). The predicted molar refractivity (Wildman–Crippen MR) is 53.2 cm³/mol. The summed E-state index contributed by atoms with van der Waals surface area (Å²) >= 11 is 4.90. The van der Waals surface area contributed by atoms with E-state index in [2.05, 4.69) is 26.1 Å². The van der Waals surface area contributed by atoms with Gasteiger partial charge in [0.1, 0.15) is 0 Å². The number of rotatable bonds is 2. The van der Waals surface area contributed by atoms with Crippen LogP contribution in [-0.2, 0) is 6.54 Å². The van der Waals surface area contributed by atoms with Gasteiger partial charge in [0.05, 0.1) is 15.2 Å². The van der Waals surface area contributed by atoms with Gasteiger partial charge in [-0.15, -0.1) is 21.5 Å². The lowest BCUT2D eigenvalue weighted by atomic mass is 10.5. The number of nitrogens with two attached hydrogens (primary N) is 1. The highest BCUT2D eigenvalue weighted by molar-refractivity contribution is 9.11. The van der Waals surface area contributed by atoms with Crippen LogP contribution in [0.3, 0.4) is 0 Å². The average molecular weight is 260 g/mol. The van der Waals surface area contributed by atoms with Crippen molar-refractivity contribution in [2.75, 3.05) is 0 Å². The van der Waals surface area contributed by atoms with Gasteiger partial charge in [0.2, 0.25) is 5.89 Å². The Morgan fingerprint density at radius 3 is 2.85 bits per heavy atom. The fraction of sp³-hybridized carbons (Fsp3) is 0.143. The molecule has 68 valence electrons. The monoisotopic (exact) mass is 259 g/mol. The minimum atomic E-state index is 0.277. The summed E-state index contributed by atoms with van der Waals surface area (Å²) in [5, 5.41) is 7.63. The van der Waals surface area contributed by atoms with Crippen LogP contribution >= 0.6 is 27.3 Å². The standard InChI is InChI=1S/C7H6BrN3OS/c8-5-2-1-4(13-5)7-11-10-6(3-9)12-7/h1-2H,3,9H2. The molecule has 0 saturated carbocycles. The van der Waals surface area contributed by atoms with Crippen molar-refractivity contribution >= 4 is 27.3 Å². The zero-order valence-electron chi connectivity index (χ0n) is 6.53. The fourth-order valence-corrected chi connectivity index (χ4v) is 2.17. The third-order valence-electron chi connectivity index (χ3n) is 1.43. The largest absolute Gasteiger partial charge is 0.419 e. The van der Waals surface area contributed by atoms with E-state index in [-0.39, 0.29) is 6.54 Å². The summed E-state index contributed by atoms with van der Waals surface area (Å²) in [7, 11) is 0. The quantitative estimate of drug-likeness (QED) is 0.897. The lowest BCUT2D eigenvalue weighted by Gasteiger charge is -1.85. The van der Waals surface area contributed by atoms with Gasteiger partial charge < -0.3 is 10.2 Å². The van der Waals surface area contributed by atoms with Gasteiger partial charge in [-0.25, -0.2) is 0 Å². The maximum atomic E-state index is 5.34. The van der Waals surface area contributed by atoms with Crippen LogP contribution in [0.2, 0.25) is 0 Å². The Morgan fingerprint density at radius 2 is 2.31 bits per heavy atom. The second-order valence-electron chi connectivity index (χ2n) is 2.31. The van der Waals surface area contributed by atoms with Crippen LogP contribution in [-0.4, -0.2) is 10.2 Å². The van der Waals surface area contributed by atoms with Crippen LogP contribution in [0, 0.1) is 0 Å². The summed E-state index contributed by atoms with van der Waals surface area (Å²) in [6.07, 6.45) is 0. The van der Waals surface area contributed by atoms with E-state index in [9.17, 15) is 0 Å². The Morgan fingerprint density at radius 1 is 1.46 bits per heavy atom. The Labute approximate surface area is 86.9 Å². The van der Waals surface area contributed by atoms with Gasteiger partial charge in [0, 0.05) is 0 Å². The van der Waals surface area contributed by atoms with E-state index >= 15 is 0 Å². The molecular weight excluding hydrogens is 254 g/mol. The van der Waals surface area contributed by atoms with Gasteiger partial charge in [0.25, 0.3) is 5.89 Å². The van der Waals surface area contributed by atoms with Crippen LogP contribution in [0.25, 0.3) is 10.8 Å². The minimum absolute atomic E-state index is 0.277. The molecule has 0 fully saturated rings. The number of aromatic nitrogens is 2. The molecule has 0 unspecified atom stereocenters. The van der Waals surface area contributed by atoms with Gasteiger partial charge >= 0.3 is 0 Å². The molecule has 0 spiro atoms. The summed E-state index contributed by atoms with van der Waals surface area (Å²) in [6.45, 7) is 0.277. The lowest BCUT2D eigenvalue weighted by Crippen LogP contribution is -1.95. The van der Waals surface area contributed by atoms with Crippen molar-refractivity contribution in [2.45, 2.75) is 6.54 Å². The van der Waals surface area contributed by atoms with Crippen molar-refractivity contribution in [3.05, 3.63) is 21.8 Å². The number of nitrogens with zero attached hydrogens (tertiary/aromatic N) is 2. The van der Waals surface area contributed by atoms with Crippen LogP contribution in [0.5, 0.6) is 0 Å². The van der Waals surface area contributed by atoms with Crippen LogP contribution in [0.1, 0.15) is 5.89 Å². The van der Waals surface area contributed by atoms with E-state index in [0.29, 0.717) is 11.8 Å². The predicted octanol–water partition coefficient (Wildman–Crippen LogP) is 2.02. The van der Waals surface area contributed by atoms with E-state index in [1.807, 2.05) is 12.1 Å². The van der Waals surface area contributed by atoms with Crippen molar-refractivity contribution in [1.29, 1.82) is 0 Å². The third kappa shape index (κ3) is 1.79. The highest BCUT2D eigenvalue weighted by Crippen LogP contribution is 2.30. The molecule has 6 heteroatoms. The molecular formula is C7H6BrN3OS. The van der Waals surface area contributed by atoms with E-state index < -0.39 is 0 Å². The molecule has 0 aliphatic rings. The Balaban J connectivity index is 2.35. The maximum absolute atomic E-state index is 5.34. The summed E-state index contributed by atoms with van der Waals surface area (Å²) in [4.78, 5) is 0.944. The van der Waals surface area contributed by atoms with Crippen molar-refractivity contribution in [3.8, 4) is 10.8 Å². The molecule has 0 aliphatic carbocycles. The SMILES string of the molecule is NCc1nnc(-c2ccc(Br)s2)o1. The molecule has 2 heterocycles. The number of hydrogen-bond donors (Lipinski definition) is 1. The van der Waals surface area contributed by atoms with Gasteiger partial charge in [0.15, 0.2) is 0 Å². The molecule has 0 saturated heterocycles. The number of hydrogen-bond acceptors (Lipinski definition) is 5. The molecule has 0 aromatic carbocycles. The molecule has 0 atom stereocenters. The zero-order valence-corrected chi connectivity index (χ0v) is 8.93. The Bertz CT molecular complexity index is 411. The first kappa shape index (κ1) is 8.86. The smallest absolute Gasteiger partial charge is 0.257 e. The molecule has 0 bridgehead atoms. The maximum Gasteiger partial charge on any atom is 0.257 e. The third-order valence-corrected chi connectivity index (χ3v) is 3.04. The molecule has 0 aliphatic heterocycles. The van der Waals surface area contributed by atoms with Gasteiger partial charge in [-0.05, 0) is 28.1 Å². The van der Waals surface area contributed by atoms with Gasteiger partial charge in [-0.3, -0.25) is 0 Å². The molecule has 13 heavy (non-hydrogen) atoms. The zero-order chi connectivity index (χ0) is 9.26. The summed E-state index contributed by atoms with van der Waals surface area (Å²) < 4.78 is 6.31. The van der Waals surface area contributed by atoms with Gasteiger partial charge in [-0.2, -0.15) is 0 Å². The van der Waals surface area contributed by atoms with Gasteiger partial charge in [-0.1, -0.05) is 0 Å². The highest BCUT2D eigenvalue weighted by atomic mass is 79.9. The minimum Gasteiger partial charge on any atom is -0.419 e. The number of halogens is 1.